The zero-order valence-corrected chi connectivity index (χ0v) is 12.2. The van der Waals surface area contributed by atoms with E-state index in [1.54, 1.807) is 6.07 Å². The van der Waals surface area contributed by atoms with Gasteiger partial charge in [0.2, 0.25) is 0 Å². The Hall–Kier alpha value is -2.26. The summed E-state index contributed by atoms with van der Waals surface area (Å²) >= 11 is 6.16. The number of hydrogen-bond acceptors (Lipinski definition) is 1. The van der Waals surface area contributed by atoms with Crippen LogP contribution >= 0.6 is 11.6 Å². The number of urea groups is 1. The minimum Gasteiger partial charge on any atom is -0.324 e. The van der Waals surface area contributed by atoms with Crippen LogP contribution in [0.1, 0.15) is 17.5 Å². The molecule has 1 atom stereocenters. The third-order valence-corrected chi connectivity index (χ3v) is 3.97. The van der Waals surface area contributed by atoms with Crippen LogP contribution in [-0.4, -0.2) is 6.03 Å². The molecule has 2 amide bonds. The van der Waals surface area contributed by atoms with Crippen molar-refractivity contribution in [1.29, 1.82) is 0 Å². The molecule has 2 aromatic rings. The molecule has 21 heavy (non-hydrogen) atoms. The molecule has 2 aromatic carbocycles. The molecule has 0 saturated heterocycles. The Labute approximate surface area is 128 Å². The van der Waals surface area contributed by atoms with Crippen molar-refractivity contribution in [3.05, 3.63) is 77.3 Å². The Balaban J connectivity index is 2.28. The number of hydrogen-bond donors (Lipinski definition) is 2. The first-order valence-electron chi connectivity index (χ1n) is 6.71. The first-order chi connectivity index (χ1) is 10.2. The Bertz CT molecular complexity index is 699. The van der Waals surface area contributed by atoms with E-state index in [1.165, 1.54) is 0 Å². The summed E-state index contributed by atoms with van der Waals surface area (Å²) in [5.41, 5.74) is 2.07. The summed E-state index contributed by atoms with van der Waals surface area (Å²) in [5, 5.41) is 6.51. The lowest BCUT2D eigenvalue weighted by atomic mass is 9.78. The highest BCUT2D eigenvalue weighted by molar-refractivity contribution is 6.30. The highest BCUT2D eigenvalue weighted by atomic mass is 35.5. The van der Waals surface area contributed by atoms with Gasteiger partial charge in [-0.05, 0) is 30.2 Å². The van der Waals surface area contributed by atoms with Crippen LogP contribution in [0.5, 0.6) is 0 Å². The van der Waals surface area contributed by atoms with Crippen LogP contribution < -0.4 is 10.6 Å². The summed E-state index contributed by atoms with van der Waals surface area (Å²) in [6.45, 7) is 3.84. The summed E-state index contributed by atoms with van der Waals surface area (Å²) < 4.78 is 0. The first-order valence-corrected chi connectivity index (χ1v) is 7.09. The maximum atomic E-state index is 12.1. The van der Waals surface area contributed by atoms with Crippen LogP contribution in [0.2, 0.25) is 5.02 Å². The van der Waals surface area contributed by atoms with Gasteiger partial charge >= 0.3 is 6.03 Å². The van der Waals surface area contributed by atoms with Crippen molar-refractivity contribution in [3.63, 3.8) is 0 Å². The molecule has 4 heteroatoms. The second-order valence-electron chi connectivity index (χ2n) is 5.03. The minimum absolute atomic E-state index is 0.226. The molecular weight excluding hydrogens is 284 g/mol. The molecule has 0 aromatic heterocycles. The van der Waals surface area contributed by atoms with Crippen molar-refractivity contribution < 1.29 is 4.79 Å². The van der Waals surface area contributed by atoms with E-state index in [2.05, 4.69) is 17.2 Å². The first kappa shape index (κ1) is 13.7. The normalized spacial score (nSPS) is 20.1. The predicted molar refractivity (Wildman–Crippen MR) is 85.6 cm³/mol. The lowest BCUT2D eigenvalue weighted by Crippen LogP contribution is -2.52. The quantitative estimate of drug-likeness (QED) is 0.815. The van der Waals surface area contributed by atoms with E-state index in [9.17, 15) is 4.79 Å². The van der Waals surface area contributed by atoms with Crippen molar-refractivity contribution in [2.45, 2.75) is 12.0 Å². The van der Waals surface area contributed by atoms with Gasteiger partial charge in [0.25, 0.3) is 0 Å². The molecule has 3 nitrogen and oxygen atoms in total. The van der Waals surface area contributed by atoms with Gasteiger partial charge in [0, 0.05) is 16.3 Å². The lowest BCUT2D eigenvalue weighted by Gasteiger charge is -2.40. The molecule has 106 valence electrons. The van der Waals surface area contributed by atoms with Gasteiger partial charge in [0.15, 0.2) is 0 Å². The van der Waals surface area contributed by atoms with Crippen molar-refractivity contribution in [1.82, 2.24) is 5.32 Å². The van der Waals surface area contributed by atoms with Crippen molar-refractivity contribution in [3.8, 4) is 0 Å². The van der Waals surface area contributed by atoms with Crippen LogP contribution in [0.25, 0.3) is 0 Å². The minimum atomic E-state index is -0.647. The lowest BCUT2D eigenvalue weighted by molar-refractivity contribution is 0.240. The summed E-state index contributed by atoms with van der Waals surface area (Å²) in [4.78, 5) is 12.1. The summed E-state index contributed by atoms with van der Waals surface area (Å²) in [6, 6.07) is 15.1. The second-order valence-corrected chi connectivity index (χ2v) is 5.47. The number of rotatable bonds is 3. The average Bonchev–Trinajstić information content (AvgIpc) is 2.49. The molecule has 2 N–H and O–H groups in total. The van der Waals surface area contributed by atoms with Crippen molar-refractivity contribution in [2.24, 2.45) is 0 Å². The van der Waals surface area contributed by atoms with Crippen LogP contribution in [0, 0.1) is 0 Å². The molecular formula is C17H15ClN2O. The Morgan fingerprint density at radius 3 is 2.67 bits per heavy atom. The molecule has 3 rings (SSSR count). The van der Waals surface area contributed by atoms with E-state index in [0.29, 0.717) is 11.4 Å². The van der Waals surface area contributed by atoms with Gasteiger partial charge < -0.3 is 10.6 Å². The number of anilines is 1. The van der Waals surface area contributed by atoms with E-state index in [1.807, 2.05) is 48.5 Å². The highest BCUT2D eigenvalue weighted by Crippen LogP contribution is 2.41. The molecule has 0 fully saturated rings. The van der Waals surface area contributed by atoms with Gasteiger partial charge in [-0.25, -0.2) is 4.79 Å². The fraction of sp³-hybridized carbons (Fsp3) is 0.118. The molecule has 1 heterocycles. The van der Waals surface area contributed by atoms with Crippen LogP contribution in [0.15, 0.2) is 61.2 Å². The number of amides is 2. The van der Waals surface area contributed by atoms with Crippen LogP contribution in [0.3, 0.4) is 0 Å². The Morgan fingerprint density at radius 2 is 1.95 bits per heavy atom. The van der Waals surface area contributed by atoms with Gasteiger partial charge in [-0.2, -0.15) is 0 Å². The molecule has 0 spiro atoms. The number of fused-ring (bicyclic) bond motifs is 1. The molecule has 0 bridgehead atoms. The van der Waals surface area contributed by atoms with Crippen molar-refractivity contribution >= 4 is 23.3 Å². The maximum Gasteiger partial charge on any atom is 0.320 e. The maximum absolute atomic E-state index is 12.1. The SMILES string of the molecule is C=CCC1(c2ccccc2)NC(=O)Nc2ccc(Cl)cc21. The van der Waals surface area contributed by atoms with E-state index in [-0.39, 0.29) is 6.03 Å². The number of carbonyl (C=O) groups excluding carboxylic acids is 1. The van der Waals surface area contributed by atoms with Crippen molar-refractivity contribution in [2.75, 3.05) is 5.32 Å². The Kier molecular flexibility index (Phi) is 3.43. The van der Waals surface area contributed by atoms with Gasteiger partial charge in [-0.1, -0.05) is 48.0 Å². The van der Waals surface area contributed by atoms with Gasteiger partial charge in [0.05, 0.1) is 5.54 Å². The third-order valence-electron chi connectivity index (χ3n) is 3.73. The van der Waals surface area contributed by atoms with E-state index >= 15 is 0 Å². The summed E-state index contributed by atoms with van der Waals surface area (Å²) in [7, 11) is 0. The molecule has 0 saturated carbocycles. The fourth-order valence-corrected chi connectivity index (χ4v) is 3.01. The Morgan fingerprint density at radius 1 is 1.19 bits per heavy atom. The number of benzene rings is 2. The van der Waals surface area contributed by atoms with E-state index in [0.717, 1.165) is 16.8 Å². The standard InChI is InChI=1S/C17H15ClN2O/c1-2-10-17(12-6-4-3-5-7-12)14-11-13(18)8-9-15(14)19-16(21)20-17/h2-9,11H,1,10H2,(H2,19,20,21). The molecule has 1 unspecified atom stereocenters. The largest absolute Gasteiger partial charge is 0.324 e. The molecule has 1 aliphatic heterocycles. The van der Waals surface area contributed by atoms with E-state index < -0.39 is 5.54 Å². The van der Waals surface area contributed by atoms with Crippen LogP contribution in [-0.2, 0) is 5.54 Å². The molecule has 0 aliphatic carbocycles. The monoisotopic (exact) mass is 298 g/mol. The van der Waals surface area contributed by atoms with Gasteiger partial charge in [0.1, 0.15) is 0 Å². The number of halogens is 1. The zero-order chi connectivity index (χ0) is 14.9. The highest BCUT2D eigenvalue weighted by Gasteiger charge is 2.40. The smallest absolute Gasteiger partial charge is 0.320 e. The topological polar surface area (TPSA) is 41.1 Å². The third kappa shape index (κ3) is 2.30. The van der Waals surface area contributed by atoms with E-state index in [4.69, 9.17) is 11.6 Å². The number of nitrogens with one attached hydrogen (secondary N) is 2. The van der Waals surface area contributed by atoms with Gasteiger partial charge in [-0.15, -0.1) is 6.58 Å². The average molecular weight is 299 g/mol. The van der Waals surface area contributed by atoms with Crippen LogP contribution in [0.4, 0.5) is 10.5 Å². The predicted octanol–water partition coefficient (Wildman–Crippen LogP) is 4.29. The summed E-state index contributed by atoms with van der Waals surface area (Å²) in [5.74, 6) is 0. The molecule has 1 aliphatic rings. The molecule has 0 radical (unpaired) electrons. The second kappa shape index (κ2) is 5.26. The zero-order valence-electron chi connectivity index (χ0n) is 11.4. The summed E-state index contributed by atoms with van der Waals surface area (Å²) in [6.07, 6.45) is 2.39. The fourth-order valence-electron chi connectivity index (χ4n) is 2.84. The van der Waals surface area contributed by atoms with Gasteiger partial charge in [-0.3, -0.25) is 0 Å². The number of carbonyl (C=O) groups is 1.